The highest BCUT2D eigenvalue weighted by Gasteiger charge is 2.47. The van der Waals surface area contributed by atoms with Gasteiger partial charge in [0, 0.05) is 62.7 Å². The minimum absolute atomic E-state index is 0.0620. The van der Waals surface area contributed by atoms with E-state index in [2.05, 4.69) is 27.7 Å². The molecule has 39 heavy (non-hydrogen) atoms. The smallest absolute Gasteiger partial charge is 0.247 e. The van der Waals surface area contributed by atoms with Crippen molar-refractivity contribution < 1.29 is 27.8 Å². The molecule has 2 atom stereocenters. The summed E-state index contributed by atoms with van der Waals surface area (Å²) >= 11 is 1.75. The normalized spacial score (nSPS) is 28.2. The number of ether oxygens (including phenoxy) is 2. The molecule has 4 aliphatic heterocycles. The molecule has 11 heteroatoms. The number of aliphatic hydroxyl groups excluding tert-OH is 1. The molecule has 6 rings (SSSR count). The van der Waals surface area contributed by atoms with Crippen LogP contribution in [0.1, 0.15) is 54.9 Å². The Morgan fingerprint density at radius 3 is 2.64 bits per heavy atom. The first-order chi connectivity index (χ1) is 18.8. The largest absolute Gasteiger partial charge is 0.492 e. The van der Waals surface area contributed by atoms with Crippen LogP contribution >= 0.6 is 11.3 Å². The Kier molecular flexibility index (Phi) is 7.73. The van der Waals surface area contributed by atoms with Crippen molar-refractivity contribution in [3.05, 3.63) is 46.2 Å². The van der Waals surface area contributed by atoms with Crippen molar-refractivity contribution in [2.45, 2.75) is 73.6 Å². The van der Waals surface area contributed by atoms with Crippen molar-refractivity contribution in [1.29, 1.82) is 0 Å². The van der Waals surface area contributed by atoms with Crippen LogP contribution in [0.2, 0.25) is 0 Å². The lowest BCUT2D eigenvalue weighted by Gasteiger charge is -2.43. The number of sulfonamides is 1. The molecular formula is C28H37N3O6S2. The molecule has 3 saturated heterocycles. The number of aliphatic hydroxyl groups is 1. The molecule has 0 radical (unpaired) electrons. The van der Waals surface area contributed by atoms with Gasteiger partial charge in [0.2, 0.25) is 15.9 Å². The van der Waals surface area contributed by atoms with Crippen LogP contribution in [0.3, 0.4) is 0 Å². The van der Waals surface area contributed by atoms with E-state index in [0.717, 1.165) is 50.9 Å². The van der Waals surface area contributed by atoms with Crippen molar-refractivity contribution >= 4 is 27.3 Å². The molecule has 0 aliphatic carbocycles. The third kappa shape index (κ3) is 5.62. The summed E-state index contributed by atoms with van der Waals surface area (Å²) in [6.07, 6.45) is 3.05. The first kappa shape index (κ1) is 27.2. The SMILES string of the molecule is O=C1NC2(CCOc3cc(C4CCOCC4)ccc3S(=O)(=O)N3C[C@H](O)C[C@@H]13)CCN(Cc1cccs1)CC2. The number of likely N-dealkylation sites (tertiary alicyclic amines) is 1. The molecule has 0 unspecified atom stereocenters. The van der Waals surface area contributed by atoms with E-state index in [1.54, 1.807) is 17.4 Å². The van der Waals surface area contributed by atoms with Crippen molar-refractivity contribution in [1.82, 2.24) is 14.5 Å². The van der Waals surface area contributed by atoms with Gasteiger partial charge in [0.15, 0.2) is 0 Å². The number of nitrogens with one attached hydrogen (secondary N) is 1. The second kappa shape index (κ2) is 11.1. The lowest BCUT2D eigenvalue weighted by Crippen LogP contribution is -2.59. The molecule has 3 fully saturated rings. The van der Waals surface area contributed by atoms with Gasteiger partial charge < -0.3 is 19.9 Å². The monoisotopic (exact) mass is 575 g/mol. The number of benzene rings is 1. The van der Waals surface area contributed by atoms with Gasteiger partial charge in [-0.15, -0.1) is 11.3 Å². The molecule has 1 aromatic heterocycles. The molecule has 2 aromatic rings. The summed E-state index contributed by atoms with van der Waals surface area (Å²) in [4.78, 5) is 17.4. The second-order valence-corrected chi connectivity index (χ2v) is 14.2. The van der Waals surface area contributed by atoms with Crippen molar-refractivity contribution in [2.75, 3.05) is 39.5 Å². The summed E-state index contributed by atoms with van der Waals surface area (Å²) in [5, 5.41) is 15.8. The minimum atomic E-state index is -4.07. The Balaban J connectivity index is 1.29. The molecule has 1 amide bonds. The summed E-state index contributed by atoms with van der Waals surface area (Å²) in [5.41, 5.74) is 0.556. The predicted octanol–water partition coefficient (Wildman–Crippen LogP) is 2.70. The van der Waals surface area contributed by atoms with Gasteiger partial charge in [0.05, 0.1) is 12.7 Å². The van der Waals surface area contributed by atoms with E-state index in [1.807, 2.05) is 12.1 Å². The third-order valence-electron chi connectivity index (χ3n) is 8.78. The van der Waals surface area contributed by atoms with Crippen molar-refractivity contribution in [3.8, 4) is 5.75 Å². The number of rotatable bonds is 3. The Labute approximate surface area is 234 Å². The fraction of sp³-hybridized carbons (Fsp3) is 0.607. The number of carbonyl (C=O) groups is 1. The number of hydrogen-bond acceptors (Lipinski definition) is 8. The summed E-state index contributed by atoms with van der Waals surface area (Å²) in [5.74, 6) is 0.292. The van der Waals surface area contributed by atoms with E-state index in [0.29, 0.717) is 32.0 Å². The van der Waals surface area contributed by atoms with Gasteiger partial charge in [0.1, 0.15) is 16.7 Å². The van der Waals surface area contributed by atoms with E-state index in [4.69, 9.17) is 9.47 Å². The molecule has 4 aliphatic rings. The molecule has 5 heterocycles. The van der Waals surface area contributed by atoms with Crippen LogP contribution in [0.4, 0.5) is 0 Å². The molecule has 1 spiro atoms. The summed E-state index contributed by atoms with van der Waals surface area (Å²) in [6, 6.07) is 8.60. The van der Waals surface area contributed by atoms with E-state index in [1.165, 1.54) is 9.18 Å². The van der Waals surface area contributed by atoms with E-state index in [9.17, 15) is 18.3 Å². The molecule has 1 aromatic carbocycles. The topological polar surface area (TPSA) is 108 Å². The van der Waals surface area contributed by atoms with Crippen LogP contribution in [0.15, 0.2) is 40.6 Å². The number of carbonyl (C=O) groups excluding carboxylic acids is 1. The van der Waals surface area contributed by atoms with Gasteiger partial charge >= 0.3 is 0 Å². The number of amides is 1. The zero-order valence-electron chi connectivity index (χ0n) is 22.1. The third-order valence-corrected chi connectivity index (χ3v) is 11.6. The molecule has 9 nitrogen and oxygen atoms in total. The fourth-order valence-corrected chi connectivity index (χ4v) is 8.95. The number of fused-ring (bicyclic) bond motifs is 2. The van der Waals surface area contributed by atoms with Crippen LogP contribution in [-0.4, -0.2) is 85.8 Å². The summed E-state index contributed by atoms with van der Waals surface area (Å²) < 4.78 is 40.8. The van der Waals surface area contributed by atoms with Crippen LogP contribution in [0.5, 0.6) is 5.75 Å². The zero-order chi connectivity index (χ0) is 27.0. The van der Waals surface area contributed by atoms with Gasteiger partial charge in [-0.3, -0.25) is 9.69 Å². The summed E-state index contributed by atoms with van der Waals surface area (Å²) in [7, 11) is -4.07. The number of nitrogens with zero attached hydrogens (tertiary/aromatic N) is 2. The number of thiophene rings is 1. The zero-order valence-corrected chi connectivity index (χ0v) is 23.7. The Morgan fingerprint density at radius 2 is 1.90 bits per heavy atom. The summed E-state index contributed by atoms with van der Waals surface area (Å²) in [6.45, 7) is 4.13. The maximum absolute atomic E-state index is 13.9. The molecule has 212 valence electrons. The van der Waals surface area contributed by atoms with Crippen molar-refractivity contribution in [3.63, 3.8) is 0 Å². The molecule has 0 saturated carbocycles. The van der Waals surface area contributed by atoms with Crippen LogP contribution < -0.4 is 10.1 Å². The first-order valence-corrected chi connectivity index (χ1v) is 16.3. The van der Waals surface area contributed by atoms with Crippen LogP contribution in [0.25, 0.3) is 0 Å². The quantitative estimate of drug-likeness (QED) is 0.580. The maximum atomic E-state index is 13.9. The molecular weight excluding hydrogens is 538 g/mol. The highest BCUT2D eigenvalue weighted by atomic mass is 32.2. The predicted molar refractivity (Wildman–Crippen MR) is 147 cm³/mol. The van der Waals surface area contributed by atoms with Gasteiger partial charge in [-0.05, 0) is 60.7 Å². The minimum Gasteiger partial charge on any atom is -0.492 e. The van der Waals surface area contributed by atoms with Gasteiger partial charge in [-0.1, -0.05) is 12.1 Å². The molecule has 0 bridgehead atoms. The van der Waals surface area contributed by atoms with E-state index < -0.39 is 27.7 Å². The van der Waals surface area contributed by atoms with Gasteiger partial charge in [-0.25, -0.2) is 8.42 Å². The number of hydrogen-bond donors (Lipinski definition) is 2. The lowest BCUT2D eigenvalue weighted by molar-refractivity contribution is -0.127. The Morgan fingerprint density at radius 1 is 1.10 bits per heavy atom. The lowest BCUT2D eigenvalue weighted by atomic mass is 9.84. The average Bonchev–Trinajstić information content (AvgIpc) is 3.60. The van der Waals surface area contributed by atoms with Crippen LogP contribution in [-0.2, 0) is 26.1 Å². The number of piperidine rings is 1. The van der Waals surface area contributed by atoms with E-state index >= 15 is 0 Å². The van der Waals surface area contributed by atoms with Gasteiger partial charge in [-0.2, -0.15) is 4.31 Å². The van der Waals surface area contributed by atoms with Crippen LogP contribution in [0, 0.1) is 0 Å². The Hall–Kier alpha value is -2.02. The molecule has 2 N–H and O–H groups in total. The first-order valence-electron chi connectivity index (χ1n) is 13.9. The Bertz CT molecular complexity index is 1270. The second-order valence-electron chi connectivity index (χ2n) is 11.3. The van der Waals surface area contributed by atoms with Gasteiger partial charge in [0.25, 0.3) is 0 Å². The van der Waals surface area contributed by atoms with Crippen molar-refractivity contribution in [2.24, 2.45) is 0 Å². The standard InChI is InChI=1S/C28H37N3O6S2/c32-22-17-24-27(33)29-28(7-10-30(11-8-28)19-23-2-1-15-38-23)9-14-37-25-16-21(20-5-12-36-13-6-20)3-4-26(25)39(34,35)31(24)18-22/h1-4,15-16,20,22,24,32H,5-14,17-19H2,(H,29,33)/t22-,24+/m1/s1. The van der Waals surface area contributed by atoms with E-state index in [-0.39, 0.29) is 29.7 Å². The average molecular weight is 576 g/mol. The highest BCUT2D eigenvalue weighted by Crippen LogP contribution is 2.38. The fourth-order valence-electron chi connectivity index (χ4n) is 6.45. The highest BCUT2D eigenvalue weighted by molar-refractivity contribution is 7.89. The maximum Gasteiger partial charge on any atom is 0.247 e.